The zero-order valence-electron chi connectivity index (χ0n) is 28.9. The van der Waals surface area contributed by atoms with Crippen molar-refractivity contribution in [2.75, 3.05) is 19.7 Å². The average molecular weight is 717 g/mol. The first-order chi connectivity index (χ1) is 25.9. The lowest BCUT2D eigenvalue weighted by Crippen LogP contribution is -2.58. The largest absolute Gasteiger partial charge is 0.455 e. The zero-order chi connectivity index (χ0) is 36.5. The maximum atomic E-state index is 15.1. The summed E-state index contributed by atoms with van der Waals surface area (Å²) in [6.45, 7) is -0.173. The van der Waals surface area contributed by atoms with Crippen LogP contribution in [0.15, 0.2) is 109 Å². The maximum absolute atomic E-state index is 15.1. The molecule has 3 amide bonds. The van der Waals surface area contributed by atoms with Gasteiger partial charge in [0.15, 0.2) is 0 Å². The molecule has 13 nitrogen and oxygen atoms in total. The number of rotatable bonds is 7. The van der Waals surface area contributed by atoms with Gasteiger partial charge in [-0.25, -0.2) is 4.68 Å². The fourth-order valence-corrected chi connectivity index (χ4v) is 8.23. The van der Waals surface area contributed by atoms with Crippen LogP contribution < -0.4 is 5.32 Å². The predicted molar refractivity (Wildman–Crippen MR) is 191 cm³/mol. The second kappa shape index (κ2) is 14.4. The van der Waals surface area contributed by atoms with Crippen molar-refractivity contribution in [1.29, 1.82) is 0 Å². The number of allylic oxidation sites excluding steroid dienone is 1. The van der Waals surface area contributed by atoms with Gasteiger partial charge in [-0.15, -0.1) is 5.10 Å². The SMILES string of the molecule is O=C1CC/C=C\[C@@H]2O[C@@]34C=CCN(Cn5nnc6ccccc65)C(=O)[C@@H]3N([C@@H](CO)Cc3ccccc3)C(=O)[C@H]4[C@@H]2C(=O)O[C@@H](c2ccccc2)CN1. The number of amides is 3. The second-order valence-corrected chi connectivity index (χ2v) is 13.9. The van der Waals surface area contributed by atoms with Crippen LogP contribution in [-0.2, 0) is 41.7 Å². The number of aromatic nitrogens is 3. The summed E-state index contributed by atoms with van der Waals surface area (Å²) in [5.74, 6) is -4.05. The number of likely N-dealkylation sites (tertiary alicyclic amines) is 1. The average Bonchev–Trinajstić information content (AvgIpc) is 3.78. The Bertz CT molecular complexity index is 2070. The summed E-state index contributed by atoms with van der Waals surface area (Å²) in [7, 11) is 0. The monoisotopic (exact) mass is 716 g/mol. The number of benzene rings is 3. The topological polar surface area (TPSA) is 156 Å². The van der Waals surface area contributed by atoms with Crippen LogP contribution in [0.5, 0.6) is 0 Å². The van der Waals surface area contributed by atoms with Crippen LogP contribution in [0.2, 0.25) is 0 Å². The van der Waals surface area contributed by atoms with E-state index in [-0.39, 0.29) is 38.5 Å². The van der Waals surface area contributed by atoms with Crippen LogP contribution in [0.25, 0.3) is 11.0 Å². The van der Waals surface area contributed by atoms with Crippen molar-refractivity contribution < 1.29 is 33.8 Å². The minimum absolute atomic E-state index is 0.0417. The molecule has 2 N–H and O–H groups in total. The Morgan fingerprint density at radius 2 is 1.68 bits per heavy atom. The molecule has 0 aliphatic carbocycles. The van der Waals surface area contributed by atoms with Crippen LogP contribution in [0.4, 0.5) is 0 Å². The van der Waals surface area contributed by atoms with Gasteiger partial charge in [-0.2, -0.15) is 0 Å². The maximum Gasteiger partial charge on any atom is 0.313 e. The Hall–Kier alpha value is -5.66. The van der Waals surface area contributed by atoms with Crippen molar-refractivity contribution in [3.8, 4) is 0 Å². The van der Waals surface area contributed by atoms with Crippen LogP contribution >= 0.6 is 0 Å². The molecule has 5 heterocycles. The highest BCUT2D eigenvalue weighted by molar-refractivity contribution is 5.99. The number of aliphatic hydroxyl groups is 1. The van der Waals surface area contributed by atoms with Gasteiger partial charge in [-0.3, -0.25) is 19.2 Å². The number of ether oxygens (including phenoxy) is 2. The predicted octanol–water partition coefficient (Wildman–Crippen LogP) is 2.72. The summed E-state index contributed by atoms with van der Waals surface area (Å²) in [6, 6.07) is 24.0. The molecule has 0 radical (unpaired) electrons. The van der Waals surface area contributed by atoms with Crippen molar-refractivity contribution >= 4 is 34.7 Å². The van der Waals surface area contributed by atoms with Crippen LogP contribution in [0.1, 0.15) is 30.1 Å². The number of carbonyl (C=O) groups excluding carboxylic acids is 4. The summed E-state index contributed by atoms with van der Waals surface area (Å²) in [4.78, 5) is 60.4. The van der Waals surface area contributed by atoms with Gasteiger partial charge in [0.25, 0.3) is 5.91 Å². The minimum Gasteiger partial charge on any atom is -0.455 e. The molecule has 53 heavy (non-hydrogen) atoms. The third kappa shape index (κ3) is 6.29. The molecule has 4 aromatic rings. The van der Waals surface area contributed by atoms with Gasteiger partial charge in [0.05, 0.1) is 36.7 Å². The Kier molecular flexibility index (Phi) is 9.35. The minimum atomic E-state index is -1.58. The number of aliphatic hydroxyl groups excluding tert-OH is 1. The van der Waals surface area contributed by atoms with E-state index >= 15 is 9.59 Å². The molecular formula is C40H40N6O7. The number of para-hydroxylation sites is 1. The molecule has 7 atom stereocenters. The summed E-state index contributed by atoms with van der Waals surface area (Å²) < 4.78 is 14.7. The van der Waals surface area contributed by atoms with Crippen LogP contribution in [-0.4, -0.2) is 97.1 Å². The third-order valence-electron chi connectivity index (χ3n) is 10.7. The van der Waals surface area contributed by atoms with E-state index in [9.17, 15) is 14.7 Å². The lowest BCUT2D eigenvalue weighted by atomic mass is 9.78. The Labute approximate surface area is 305 Å². The Morgan fingerprint density at radius 1 is 0.925 bits per heavy atom. The number of hydrogen-bond acceptors (Lipinski definition) is 9. The summed E-state index contributed by atoms with van der Waals surface area (Å²) >= 11 is 0. The van der Waals surface area contributed by atoms with E-state index in [2.05, 4.69) is 15.6 Å². The molecule has 4 aliphatic heterocycles. The molecular weight excluding hydrogens is 676 g/mol. The first-order valence-corrected chi connectivity index (χ1v) is 18.0. The number of esters is 1. The molecule has 2 fully saturated rings. The van der Waals surface area contributed by atoms with Crippen LogP contribution in [0.3, 0.4) is 0 Å². The highest BCUT2D eigenvalue weighted by Crippen LogP contribution is 2.54. The van der Waals surface area contributed by atoms with E-state index in [0.29, 0.717) is 17.5 Å². The number of carbonyl (C=O) groups is 4. The molecule has 8 rings (SSSR count). The van der Waals surface area contributed by atoms with Crippen molar-refractivity contribution in [2.45, 2.75) is 55.8 Å². The van der Waals surface area contributed by atoms with Crippen molar-refractivity contribution in [1.82, 2.24) is 30.1 Å². The molecule has 0 saturated carbocycles. The Balaban J connectivity index is 1.21. The van der Waals surface area contributed by atoms with Gasteiger partial charge < -0.3 is 29.7 Å². The van der Waals surface area contributed by atoms with E-state index in [0.717, 1.165) is 11.1 Å². The summed E-state index contributed by atoms with van der Waals surface area (Å²) in [6.07, 6.45) is 6.09. The molecule has 3 aromatic carbocycles. The smallest absolute Gasteiger partial charge is 0.313 e. The third-order valence-corrected chi connectivity index (χ3v) is 10.7. The highest BCUT2D eigenvalue weighted by Gasteiger charge is 2.72. The van der Waals surface area contributed by atoms with Gasteiger partial charge in [0.1, 0.15) is 35.9 Å². The van der Waals surface area contributed by atoms with E-state index in [1.54, 1.807) is 33.9 Å². The first-order valence-electron chi connectivity index (χ1n) is 18.0. The number of hydrogen-bond donors (Lipinski definition) is 2. The highest BCUT2D eigenvalue weighted by atomic mass is 16.6. The standard InChI is InChI=1S/C40H40N6O7/c47-24-28(22-26-12-3-1-4-13-26)46-36-38(50)44(25-45-30-17-8-7-16-29(30)42-43-45)21-11-20-40(36)35(37(46)49)34-31(53-40)18-9-10-19-33(48)41-23-32(52-39(34)51)27-14-5-2-6-15-27/h1-9,11-18,20,28,31-32,34-36,47H,10,19,21-25H2,(H,41,48)/b18-9-/t28-,31+,32-,34-,35-,36+,40-/m1/s1. The molecule has 0 bridgehead atoms. The van der Waals surface area contributed by atoms with E-state index in [1.807, 2.05) is 84.9 Å². The van der Waals surface area contributed by atoms with E-state index < -0.39 is 66.1 Å². The van der Waals surface area contributed by atoms with Gasteiger partial charge in [-0.1, -0.05) is 102 Å². The fraction of sp³-hybridized carbons (Fsp3) is 0.350. The van der Waals surface area contributed by atoms with Gasteiger partial charge in [0.2, 0.25) is 11.8 Å². The molecule has 1 spiro atoms. The van der Waals surface area contributed by atoms with Crippen molar-refractivity contribution in [2.24, 2.45) is 11.8 Å². The first kappa shape index (κ1) is 34.4. The molecule has 272 valence electrons. The van der Waals surface area contributed by atoms with Gasteiger partial charge in [-0.05, 0) is 36.1 Å². The van der Waals surface area contributed by atoms with Crippen molar-refractivity contribution in [3.05, 3.63) is 120 Å². The number of cyclic esters (lactones) is 1. The molecule has 1 aromatic heterocycles. The number of fused-ring (bicyclic) bond motifs is 3. The van der Waals surface area contributed by atoms with Gasteiger partial charge in [0, 0.05) is 13.0 Å². The second-order valence-electron chi connectivity index (χ2n) is 13.9. The van der Waals surface area contributed by atoms with Gasteiger partial charge >= 0.3 is 5.97 Å². The summed E-state index contributed by atoms with van der Waals surface area (Å²) in [5, 5.41) is 22.3. The molecule has 4 aliphatic rings. The molecule has 2 saturated heterocycles. The summed E-state index contributed by atoms with van der Waals surface area (Å²) in [5.41, 5.74) is 1.38. The number of nitrogens with one attached hydrogen (secondary N) is 1. The lowest BCUT2D eigenvalue weighted by molar-refractivity contribution is -0.161. The lowest BCUT2D eigenvalue weighted by Gasteiger charge is -2.38. The number of nitrogens with zero attached hydrogens (tertiary/aromatic N) is 5. The quantitative estimate of drug-likeness (QED) is 0.217. The molecule has 13 heteroatoms. The normalized spacial score (nSPS) is 28.6. The fourth-order valence-electron chi connectivity index (χ4n) is 8.23. The zero-order valence-corrected chi connectivity index (χ0v) is 28.9. The van der Waals surface area contributed by atoms with E-state index in [1.165, 1.54) is 4.90 Å². The molecule has 0 unspecified atom stereocenters. The van der Waals surface area contributed by atoms with Crippen LogP contribution in [0, 0.1) is 11.8 Å². The van der Waals surface area contributed by atoms with E-state index in [4.69, 9.17) is 9.47 Å². The van der Waals surface area contributed by atoms with Crippen molar-refractivity contribution in [3.63, 3.8) is 0 Å². The Morgan fingerprint density at radius 3 is 2.47 bits per heavy atom.